The molecule has 7 nitrogen and oxygen atoms in total. The number of halogens is 1. The topological polar surface area (TPSA) is 89.0 Å². The number of benzene rings is 3. The molecule has 160 valence electrons. The van der Waals surface area contributed by atoms with Crippen molar-refractivity contribution >= 4 is 35.7 Å². The molecular formula is C24H18ClN3O4. The van der Waals surface area contributed by atoms with E-state index >= 15 is 0 Å². The Labute approximate surface area is 189 Å². The number of nitrogens with zero attached hydrogens (tertiary/aromatic N) is 1. The highest BCUT2D eigenvalue weighted by atomic mass is 35.5. The molecule has 0 bridgehead atoms. The summed E-state index contributed by atoms with van der Waals surface area (Å²) in [6.45, 7) is 0.139. The van der Waals surface area contributed by atoms with Crippen molar-refractivity contribution in [1.29, 1.82) is 0 Å². The molecule has 32 heavy (non-hydrogen) atoms. The Morgan fingerprint density at radius 2 is 1.62 bits per heavy atom. The number of hydrogen-bond donors (Lipinski definition) is 2. The first-order valence-electron chi connectivity index (χ1n) is 9.65. The highest BCUT2D eigenvalue weighted by molar-refractivity contribution is 6.30. The minimum Gasteiger partial charge on any atom is -0.454 e. The minimum absolute atomic E-state index is 0.0194. The van der Waals surface area contributed by atoms with Gasteiger partial charge in [-0.1, -0.05) is 48.0 Å². The number of hydrazone groups is 1. The number of carbonyl (C=O) groups is 2. The Kier molecular flexibility index (Phi) is 6.48. The number of nitrogens with one attached hydrogen (secondary N) is 2. The second kappa shape index (κ2) is 9.80. The van der Waals surface area contributed by atoms with Crippen LogP contribution in [0.2, 0.25) is 5.02 Å². The Hall–Kier alpha value is -4.10. The smallest absolute Gasteiger partial charge is 0.287 e. The van der Waals surface area contributed by atoms with Crippen LogP contribution in [0.15, 0.2) is 83.6 Å². The summed E-state index contributed by atoms with van der Waals surface area (Å²) in [5, 5.41) is 7.22. The highest BCUT2D eigenvalue weighted by Gasteiger charge is 2.16. The van der Waals surface area contributed by atoms with Crippen molar-refractivity contribution in [2.75, 3.05) is 6.79 Å². The lowest BCUT2D eigenvalue weighted by Gasteiger charge is -2.09. The van der Waals surface area contributed by atoms with E-state index in [2.05, 4.69) is 15.8 Å². The number of rotatable bonds is 6. The van der Waals surface area contributed by atoms with Crippen molar-refractivity contribution in [3.8, 4) is 11.5 Å². The van der Waals surface area contributed by atoms with Crippen molar-refractivity contribution in [2.45, 2.75) is 0 Å². The number of fused-ring (bicyclic) bond motifs is 1. The average Bonchev–Trinajstić information content (AvgIpc) is 3.28. The lowest BCUT2D eigenvalue weighted by molar-refractivity contribution is -0.117. The monoisotopic (exact) mass is 447 g/mol. The van der Waals surface area contributed by atoms with E-state index in [9.17, 15) is 9.59 Å². The van der Waals surface area contributed by atoms with Crippen molar-refractivity contribution in [2.24, 2.45) is 5.10 Å². The molecular weight excluding hydrogens is 430 g/mol. The van der Waals surface area contributed by atoms with Crippen LogP contribution in [-0.4, -0.2) is 24.8 Å². The van der Waals surface area contributed by atoms with E-state index in [1.165, 1.54) is 12.3 Å². The standard InChI is InChI=1S/C24H18ClN3O4/c25-19-9-6-16(7-10-19)14-26-28-24(30)20(27-23(29)18-4-2-1-3-5-18)12-17-8-11-21-22(13-17)32-15-31-21/h1-14H,15H2,(H,27,29)(H,28,30). The van der Waals surface area contributed by atoms with Crippen LogP contribution in [0.25, 0.3) is 6.08 Å². The van der Waals surface area contributed by atoms with E-state index in [-0.39, 0.29) is 12.5 Å². The van der Waals surface area contributed by atoms with Crippen molar-refractivity contribution in [1.82, 2.24) is 10.7 Å². The molecule has 1 aliphatic rings. The Balaban J connectivity index is 1.55. The van der Waals surface area contributed by atoms with Gasteiger partial charge in [-0.3, -0.25) is 9.59 Å². The molecule has 0 aliphatic carbocycles. The van der Waals surface area contributed by atoms with Crippen LogP contribution in [0, 0.1) is 0 Å². The molecule has 0 aromatic heterocycles. The summed E-state index contributed by atoms with van der Waals surface area (Å²) < 4.78 is 10.7. The average molecular weight is 448 g/mol. The molecule has 0 unspecified atom stereocenters. The number of hydrogen-bond acceptors (Lipinski definition) is 5. The molecule has 0 spiro atoms. The molecule has 0 saturated heterocycles. The van der Waals surface area contributed by atoms with Gasteiger partial charge in [-0.05, 0) is 53.6 Å². The lowest BCUT2D eigenvalue weighted by Crippen LogP contribution is -2.32. The van der Waals surface area contributed by atoms with Crippen molar-refractivity contribution in [3.63, 3.8) is 0 Å². The third-order valence-corrected chi connectivity index (χ3v) is 4.74. The molecule has 2 amide bonds. The van der Waals surface area contributed by atoms with E-state index in [0.717, 1.165) is 5.56 Å². The van der Waals surface area contributed by atoms with Crippen LogP contribution < -0.4 is 20.2 Å². The second-order valence-electron chi connectivity index (χ2n) is 6.74. The molecule has 3 aromatic carbocycles. The normalized spacial score (nSPS) is 12.6. The van der Waals surface area contributed by atoms with E-state index in [1.807, 2.05) is 0 Å². The van der Waals surface area contributed by atoms with Crippen LogP contribution in [0.4, 0.5) is 0 Å². The van der Waals surface area contributed by atoms with Gasteiger partial charge < -0.3 is 14.8 Å². The summed E-state index contributed by atoms with van der Waals surface area (Å²) in [6.07, 6.45) is 3.02. The number of amides is 2. The van der Waals surface area contributed by atoms with Gasteiger partial charge in [0.1, 0.15) is 5.70 Å². The van der Waals surface area contributed by atoms with Gasteiger partial charge in [0.25, 0.3) is 11.8 Å². The van der Waals surface area contributed by atoms with Crippen LogP contribution >= 0.6 is 11.6 Å². The molecule has 0 radical (unpaired) electrons. The van der Waals surface area contributed by atoms with Crippen molar-refractivity contribution < 1.29 is 19.1 Å². The van der Waals surface area contributed by atoms with Gasteiger partial charge >= 0.3 is 0 Å². The summed E-state index contributed by atoms with van der Waals surface area (Å²) in [6, 6.07) is 20.8. The van der Waals surface area contributed by atoms with Crippen molar-refractivity contribution in [3.05, 3.63) is 100 Å². The molecule has 0 saturated carbocycles. The Morgan fingerprint density at radius 1 is 0.906 bits per heavy atom. The van der Waals surface area contributed by atoms with Gasteiger partial charge in [0.15, 0.2) is 11.5 Å². The van der Waals surface area contributed by atoms with Crippen LogP contribution in [0.3, 0.4) is 0 Å². The fraction of sp³-hybridized carbons (Fsp3) is 0.0417. The predicted octanol–water partition coefficient (Wildman–Crippen LogP) is 3.99. The third kappa shape index (κ3) is 5.33. The zero-order valence-corrected chi connectivity index (χ0v) is 17.5. The zero-order chi connectivity index (χ0) is 22.3. The van der Waals surface area contributed by atoms with E-state index < -0.39 is 11.8 Å². The fourth-order valence-corrected chi connectivity index (χ4v) is 3.01. The maximum absolute atomic E-state index is 12.8. The fourth-order valence-electron chi connectivity index (χ4n) is 2.89. The first-order valence-corrected chi connectivity index (χ1v) is 10.0. The third-order valence-electron chi connectivity index (χ3n) is 4.49. The van der Waals surface area contributed by atoms with Gasteiger partial charge in [0.05, 0.1) is 6.21 Å². The van der Waals surface area contributed by atoms with E-state index in [1.54, 1.807) is 72.8 Å². The molecule has 0 fully saturated rings. The summed E-state index contributed by atoms with van der Waals surface area (Å²) in [5.41, 5.74) is 4.27. The molecule has 3 aromatic rings. The SMILES string of the molecule is O=C(NN=Cc1ccc(Cl)cc1)C(=Cc1ccc2c(c1)OCO2)NC(=O)c1ccccc1. The Morgan fingerprint density at radius 3 is 2.41 bits per heavy atom. The van der Waals surface area contributed by atoms with Gasteiger partial charge in [-0.15, -0.1) is 0 Å². The van der Waals surface area contributed by atoms with Crippen LogP contribution in [-0.2, 0) is 4.79 Å². The molecule has 1 heterocycles. The second-order valence-corrected chi connectivity index (χ2v) is 7.18. The minimum atomic E-state index is -0.586. The summed E-state index contributed by atoms with van der Waals surface area (Å²) >= 11 is 5.87. The Bertz CT molecular complexity index is 1190. The van der Waals surface area contributed by atoms with Crippen LogP contribution in [0.5, 0.6) is 11.5 Å². The lowest BCUT2D eigenvalue weighted by atomic mass is 10.1. The molecule has 4 rings (SSSR count). The number of ether oxygens (including phenoxy) is 2. The first kappa shape index (κ1) is 21.1. The van der Waals surface area contributed by atoms with E-state index in [0.29, 0.717) is 27.6 Å². The molecule has 2 N–H and O–H groups in total. The highest BCUT2D eigenvalue weighted by Crippen LogP contribution is 2.33. The predicted molar refractivity (Wildman–Crippen MR) is 122 cm³/mol. The maximum Gasteiger partial charge on any atom is 0.287 e. The molecule has 1 aliphatic heterocycles. The van der Waals surface area contributed by atoms with Gasteiger partial charge in [-0.25, -0.2) is 5.43 Å². The molecule has 0 atom stereocenters. The van der Waals surface area contributed by atoms with Gasteiger partial charge in [-0.2, -0.15) is 5.10 Å². The first-order chi connectivity index (χ1) is 15.6. The maximum atomic E-state index is 12.8. The molecule has 8 heteroatoms. The largest absolute Gasteiger partial charge is 0.454 e. The summed E-state index contributed by atoms with van der Waals surface area (Å²) in [5.74, 6) is 0.175. The van der Waals surface area contributed by atoms with Gasteiger partial charge in [0, 0.05) is 10.6 Å². The van der Waals surface area contributed by atoms with Crippen LogP contribution in [0.1, 0.15) is 21.5 Å². The summed E-state index contributed by atoms with van der Waals surface area (Å²) in [7, 11) is 0. The number of carbonyl (C=O) groups excluding carboxylic acids is 2. The quantitative estimate of drug-likeness (QED) is 0.339. The van der Waals surface area contributed by atoms with Gasteiger partial charge in [0.2, 0.25) is 6.79 Å². The zero-order valence-electron chi connectivity index (χ0n) is 16.7. The van der Waals surface area contributed by atoms with E-state index in [4.69, 9.17) is 21.1 Å². The summed E-state index contributed by atoms with van der Waals surface area (Å²) in [4.78, 5) is 25.4.